The minimum atomic E-state index is -0.162. The largest absolute Gasteiger partial charge is 0.389 e. The number of hydrogen-bond acceptors (Lipinski definition) is 4. The second-order valence-electron chi connectivity index (χ2n) is 9.67. The van der Waals surface area contributed by atoms with Crippen molar-refractivity contribution in [3.8, 4) is 0 Å². The van der Waals surface area contributed by atoms with Crippen molar-refractivity contribution in [1.82, 2.24) is 14.5 Å². The zero-order valence-corrected chi connectivity index (χ0v) is 16.6. The van der Waals surface area contributed by atoms with Crippen molar-refractivity contribution in [3.05, 3.63) is 18.2 Å². The van der Waals surface area contributed by atoms with Gasteiger partial charge in [-0.15, -0.1) is 0 Å². The molecule has 2 saturated carbocycles. The number of piperidine rings is 1. The molecule has 0 N–H and O–H groups in total. The molecular weight excluding hydrogens is 340 g/mol. The Labute approximate surface area is 161 Å². The normalized spacial score (nSPS) is 32.9. The molecule has 146 valence electrons. The van der Waals surface area contributed by atoms with Crippen LogP contribution in [0.15, 0.2) is 17.7 Å². The van der Waals surface area contributed by atoms with Gasteiger partial charge in [0, 0.05) is 37.7 Å². The lowest BCUT2D eigenvalue weighted by molar-refractivity contribution is 0.0123. The molecular formula is C21H30N4O2. The van der Waals surface area contributed by atoms with E-state index in [0.29, 0.717) is 29.5 Å². The minimum Gasteiger partial charge on any atom is -0.389 e. The molecule has 27 heavy (non-hydrogen) atoms. The van der Waals surface area contributed by atoms with Crippen molar-refractivity contribution in [2.24, 2.45) is 28.8 Å². The van der Waals surface area contributed by atoms with Crippen molar-refractivity contribution >= 4 is 11.6 Å². The molecule has 0 aromatic carbocycles. The first kappa shape index (κ1) is 17.3. The Morgan fingerprint density at radius 2 is 1.96 bits per heavy atom. The van der Waals surface area contributed by atoms with Crippen LogP contribution in [0.1, 0.15) is 69.4 Å². The number of aromatic nitrogens is 2. The van der Waals surface area contributed by atoms with Crippen LogP contribution in [0.4, 0.5) is 0 Å². The van der Waals surface area contributed by atoms with E-state index in [1.54, 1.807) is 0 Å². The van der Waals surface area contributed by atoms with E-state index in [9.17, 15) is 4.79 Å². The lowest BCUT2D eigenvalue weighted by Gasteiger charge is -2.20. The smallest absolute Gasteiger partial charge is 0.274 e. The molecule has 1 amide bonds. The van der Waals surface area contributed by atoms with E-state index >= 15 is 0 Å². The zero-order chi connectivity index (χ0) is 18.8. The van der Waals surface area contributed by atoms with E-state index in [1.165, 1.54) is 31.4 Å². The number of amides is 1. The fourth-order valence-corrected chi connectivity index (χ4v) is 5.56. The highest BCUT2D eigenvalue weighted by atomic mass is 16.7. The van der Waals surface area contributed by atoms with Gasteiger partial charge in [-0.3, -0.25) is 4.79 Å². The van der Waals surface area contributed by atoms with E-state index in [4.69, 9.17) is 4.84 Å². The van der Waals surface area contributed by atoms with Crippen LogP contribution in [0.5, 0.6) is 0 Å². The van der Waals surface area contributed by atoms with Crippen molar-refractivity contribution in [3.63, 3.8) is 0 Å². The summed E-state index contributed by atoms with van der Waals surface area (Å²) in [5.41, 5.74) is 1.64. The van der Waals surface area contributed by atoms with E-state index in [-0.39, 0.29) is 11.5 Å². The van der Waals surface area contributed by atoms with Crippen LogP contribution in [0.25, 0.3) is 0 Å². The SMILES string of the molecule is C[C@@H](C1CCCC1)n1cnc(C(=O)N2C[C@@H]3C(C4=NOC(C)(C)C4)[C@@H]3C2)c1. The van der Waals surface area contributed by atoms with Crippen LogP contribution in [0, 0.1) is 23.7 Å². The van der Waals surface area contributed by atoms with Crippen molar-refractivity contribution < 1.29 is 9.63 Å². The Morgan fingerprint density at radius 1 is 1.26 bits per heavy atom. The molecule has 4 aliphatic rings. The summed E-state index contributed by atoms with van der Waals surface area (Å²) in [6, 6.07) is 0.432. The number of carbonyl (C=O) groups excluding carboxylic acids is 1. The summed E-state index contributed by atoms with van der Waals surface area (Å²) < 4.78 is 2.15. The quantitative estimate of drug-likeness (QED) is 0.815. The van der Waals surface area contributed by atoms with E-state index in [1.807, 2.05) is 17.4 Å². The molecule has 0 spiro atoms. The van der Waals surface area contributed by atoms with E-state index in [2.05, 4.69) is 35.5 Å². The molecule has 5 rings (SSSR count). The Bertz CT molecular complexity index is 765. The first-order valence-corrected chi connectivity index (χ1v) is 10.5. The molecule has 0 radical (unpaired) electrons. The summed E-state index contributed by atoms with van der Waals surface area (Å²) in [6.45, 7) is 8.09. The van der Waals surface area contributed by atoms with Crippen LogP contribution >= 0.6 is 0 Å². The van der Waals surface area contributed by atoms with Crippen LogP contribution in [0.3, 0.4) is 0 Å². The van der Waals surface area contributed by atoms with Gasteiger partial charge in [-0.25, -0.2) is 4.98 Å². The highest BCUT2D eigenvalue weighted by Crippen LogP contribution is 2.54. The highest BCUT2D eigenvalue weighted by Gasteiger charge is 2.60. The molecule has 6 heteroatoms. The van der Waals surface area contributed by atoms with Crippen LogP contribution < -0.4 is 0 Å². The van der Waals surface area contributed by atoms with Crippen LogP contribution in [0.2, 0.25) is 0 Å². The molecule has 1 aromatic rings. The summed E-state index contributed by atoms with van der Waals surface area (Å²) in [6.07, 6.45) is 9.99. The molecule has 4 atom stereocenters. The second-order valence-corrected chi connectivity index (χ2v) is 9.67. The maximum absolute atomic E-state index is 12.9. The van der Waals surface area contributed by atoms with Gasteiger partial charge in [-0.2, -0.15) is 0 Å². The summed E-state index contributed by atoms with van der Waals surface area (Å²) in [7, 11) is 0. The first-order valence-electron chi connectivity index (χ1n) is 10.5. The molecule has 3 heterocycles. The molecule has 0 bridgehead atoms. The predicted molar refractivity (Wildman–Crippen MR) is 102 cm³/mol. The van der Waals surface area contributed by atoms with Gasteiger partial charge in [0.05, 0.1) is 12.0 Å². The van der Waals surface area contributed by atoms with Crippen molar-refractivity contribution in [1.29, 1.82) is 0 Å². The molecule has 6 nitrogen and oxygen atoms in total. The van der Waals surface area contributed by atoms with Gasteiger partial charge < -0.3 is 14.3 Å². The zero-order valence-electron chi connectivity index (χ0n) is 16.6. The summed E-state index contributed by atoms with van der Waals surface area (Å²) in [4.78, 5) is 24.8. The molecule has 3 fully saturated rings. The van der Waals surface area contributed by atoms with Crippen LogP contribution in [-0.2, 0) is 4.84 Å². The molecule has 2 aliphatic carbocycles. The average Bonchev–Trinajstić information content (AvgIpc) is 3.26. The molecule has 1 unspecified atom stereocenters. The van der Waals surface area contributed by atoms with E-state index in [0.717, 1.165) is 25.4 Å². The van der Waals surface area contributed by atoms with Gasteiger partial charge in [0.25, 0.3) is 5.91 Å². The summed E-state index contributed by atoms with van der Waals surface area (Å²) in [5.74, 6) is 2.45. The highest BCUT2D eigenvalue weighted by molar-refractivity contribution is 5.94. The molecule has 1 saturated heterocycles. The van der Waals surface area contributed by atoms with E-state index < -0.39 is 0 Å². The van der Waals surface area contributed by atoms with Gasteiger partial charge in [0.1, 0.15) is 11.3 Å². The summed E-state index contributed by atoms with van der Waals surface area (Å²) in [5, 5.41) is 4.32. The Kier molecular flexibility index (Phi) is 3.89. The maximum atomic E-state index is 12.9. The molecule has 2 aliphatic heterocycles. The molecule has 1 aromatic heterocycles. The Balaban J connectivity index is 1.19. The standard InChI is InChI=1S/C21H30N4O2/c1-13(14-6-4-5-7-14)25-11-18(22-12-25)20(26)24-9-15-16(10-24)19(15)17-8-21(2,3)27-23-17/h11-16,19H,4-10H2,1-3H3/t13-,15-,16+,19?/m0/s1. The lowest BCUT2D eigenvalue weighted by Crippen LogP contribution is -2.33. The second kappa shape index (κ2) is 6.08. The maximum Gasteiger partial charge on any atom is 0.274 e. The number of rotatable bonds is 4. The number of imidazole rings is 1. The van der Waals surface area contributed by atoms with Gasteiger partial charge in [0.15, 0.2) is 0 Å². The first-order chi connectivity index (χ1) is 12.9. The fourth-order valence-electron chi connectivity index (χ4n) is 5.56. The van der Waals surface area contributed by atoms with Gasteiger partial charge in [-0.1, -0.05) is 18.0 Å². The van der Waals surface area contributed by atoms with Gasteiger partial charge in [0.2, 0.25) is 0 Å². The van der Waals surface area contributed by atoms with Gasteiger partial charge >= 0.3 is 0 Å². The summed E-state index contributed by atoms with van der Waals surface area (Å²) >= 11 is 0. The van der Waals surface area contributed by atoms with Gasteiger partial charge in [-0.05, 0) is 51.4 Å². The fraction of sp³-hybridized carbons (Fsp3) is 0.762. The average molecular weight is 370 g/mol. The predicted octanol–water partition coefficient (Wildman–Crippen LogP) is 3.51. The minimum absolute atomic E-state index is 0.0864. The number of likely N-dealkylation sites (tertiary alicyclic amines) is 1. The van der Waals surface area contributed by atoms with Crippen molar-refractivity contribution in [2.75, 3.05) is 13.1 Å². The number of nitrogens with zero attached hydrogens (tertiary/aromatic N) is 4. The Hall–Kier alpha value is -1.85. The third-order valence-electron chi connectivity index (χ3n) is 7.26. The number of oxime groups is 1. The number of fused-ring (bicyclic) bond motifs is 1. The Morgan fingerprint density at radius 3 is 2.59 bits per heavy atom. The third-order valence-corrected chi connectivity index (χ3v) is 7.26. The lowest BCUT2D eigenvalue weighted by atomic mass is 9.98. The van der Waals surface area contributed by atoms with Crippen LogP contribution in [-0.4, -0.2) is 44.8 Å². The number of carbonyl (C=O) groups is 1. The topological polar surface area (TPSA) is 59.7 Å². The van der Waals surface area contributed by atoms with Crippen molar-refractivity contribution in [2.45, 2.75) is 64.5 Å². The monoisotopic (exact) mass is 370 g/mol. The number of hydrogen-bond donors (Lipinski definition) is 0. The third kappa shape index (κ3) is 2.97.